The van der Waals surface area contributed by atoms with Crippen LogP contribution >= 0.6 is 0 Å². The summed E-state index contributed by atoms with van der Waals surface area (Å²) in [7, 11) is 0. The fourth-order valence-electron chi connectivity index (χ4n) is 5.53. The molecule has 0 saturated heterocycles. The van der Waals surface area contributed by atoms with Crippen molar-refractivity contribution in [3.8, 4) is 0 Å². The SMILES string of the molecule is CCCC(=O)C(C)(C)C(=O)C1CCC(CCc2ccc(F)cc2C2CCCC2)C1. The number of Topliss-reactive ketones (excluding diaryl/α,β-unsaturated/α-hetero) is 2. The standard InChI is InChI=1S/C26H37FO2/c1-4-7-24(28)26(2,3)25(29)21-13-11-18(16-21)10-12-20-14-15-22(27)17-23(20)19-8-5-6-9-19/h14-15,17-19,21H,4-13,16H2,1-3H3. The summed E-state index contributed by atoms with van der Waals surface area (Å²) in [6.07, 6.45) is 11.0. The Labute approximate surface area is 175 Å². The molecule has 1 aromatic carbocycles. The van der Waals surface area contributed by atoms with Gasteiger partial charge in [0.15, 0.2) is 0 Å². The Morgan fingerprint density at radius 2 is 1.83 bits per heavy atom. The average Bonchev–Trinajstić information content (AvgIpc) is 3.38. The molecule has 2 unspecified atom stereocenters. The first-order valence-corrected chi connectivity index (χ1v) is 11.7. The molecule has 0 N–H and O–H groups in total. The van der Waals surface area contributed by atoms with Gasteiger partial charge in [0.05, 0.1) is 5.41 Å². The van der Waals surface area contributed by atoms with E-state index in [0.29, 0.717) is 18.3 Å². The Kier molecular flexibility index (Phi) is 7.29. The lowest BCUT2D eigenvalue weighted by atomic mass is 9.75. The van der Waals surface area contributed by atoms with E-state index in [-0.39, 0.29) is 23.3 Å². The third-order valence-corrected chi connectivity index (χ3v) is 7.43. The van der Waals surface area contributed by atoms with Gasteiger partial charge in [-0.25, -0.2) is 4.39 Å². The summed E-state index contributed by atoms with van der Waals surface area (Å²) in [5.74, 6) is 1.18. The molecule has 3 rings (SSSR count). The largest absolute Gasteiger partial charge is 0.299 e. The first-order chi connectivity index (χ1) is 13.8. The molecule has 2 fully saturated rings. The lowest BCUT2D eigenvalue weighted by Crippen LogP contribution is -2.37. The second-order valence-electron chi connectivity index (χ2n) is 9.90. The van der Waals surface area contributed by atoms with Crippen LogP contribution in [0.5, 0.6) is 0 Å². The summed E-state index contributed by atoms with van der Waals surface area (Å²) >= 11 is 0. The van der Waals surface area contributed by atoms with Gasteiger partial charge in [0.2, 0.25) is 0 Å². The van der Waals surface area contributed by atoms with E-state index in [1.807, 2.05) is 26.8 Å². The molecule has 1 aromatic rings. The van der Waals surface area contributed by atoms with Gasteiger partial charge < -0.3 is 0 Å². The number of hydrogen-bond acceptors (Lipinski definition) is 2. The molecule has 2 saturated carbocycles. The molecule has 3 heteroatoms. The van der Waals surface area contributed by atoms with Gasteiger partial charge in [0, 0.05) is 12.3 Å². The first-order valence-electron chi connectivity index (χ1n) is 11.7. The highest BCUT2D eigenvalue weighted by atomic mass is 19.1. The molecule has 160 valence electrons. The van der Waals surface area contributed by atoms with E-state index in [4.69, 9.17) is 0 Å². The van der Waals surface area contributed by atoms with Crippen molar-refractivity contribution < 1.29 is 14.0 Å². The number of rotatable bonds is 9. The summed E-state index contributed by atoms with van der Waals surface area (Å²) in [5, 5.41) is 0. The molecule has 2 nitrogen and oxygen atoms in total. The molecule has 0 heterocycles. The van der Waals surface area contributed by atoms with E-state index >= 15 is 0 Å². The second kappa shape index (κ2) is 9.53. The van der Waals surface area contributed by atoms with Gasteiger partial charge in [-0.3, -0.25) is 9.59 Å². The maximum absolute atomic E-state index is 13.8. The Bertz CT molecular complexity index is 730. The van der Waals surface area contributed by atoms with Crippen LogP contribution in [-0.2, 0) is 16.0 Å². The van der Waals surface area contributed by atoms with E-state index in [0.717, 1.165) is 38.5 Å². The van der Waals surface area contributed by atoms with Crippen LogP contribution in [0.1, 0.15) is 102 Å². The predicted octanol–water partition coefficient (Wildman–Crippen LogP) is 6.80. The summed E-state index contributed by atoms with van der Waals surface area (Å²) in [6.45, 7) is 5.61. The summed E-state index contributed by atoms with van der Waals surface area (Å²) < 4.78 is 13.8. The zero-order chi connectivity index (χ0) is 21.0. The fourth-order valence-corrected chi connectivity index (χ4v) is 5.53. The van der Waals surface area contributed by atoms with Crippen molar-refractivity contribution >= 4 is 11.6 Å². The van der Waals surface area contributed by atoms with Crippen molar-refractivity contribution in [1.29, 1.82) is 0 Å². The van der Waals surface area contributed by atoms with Gasteiger partial charge in [-0.1, -0.05) is 25.8 Å². The number of carbonyl (C=O) groups is 2. The number of aryl methyl sites for hydroxylation is 1. The van der Waals surface area contributed by atoms with E-state index in [1.165, 1.54) is 36.8 Å². The minimum absolute atomic E-state index is 0.0262. The highest BCUT2D eigenvalue weighted by Gasteiger charge is 2.41. The number of ketones is 2. The highest BCUT2D eigenvalue weighted by Crippen LogP contribution is 2.40. The van der Waals surface area contributed by atoms with E-state index < -0.39 is 5.41 Å². The molecule has 2 aliphatic rings. The van der Waals surface area contributed by atoms with E-state index in [1.54, 1.807) is 12.1 Å². The van der Waals surface area contributed by atoms with Crippen LogP contribution in [0.25, 0.3) is 0 Å². The molecule has 0 aliphatic heterocycles. The van der Waals surface area contributed by atoms with Crippen molar-refractivity contribution in [2.75, 3.05) is 0 Å². The normalized spacial score (nSPS) is 22.9. The van der Waals surface area contributed by atoms with Crippen molar-refractivity contribution in [2.24, 2.45) is 17.3 Å². The van der Waals surface area contributed by atoms with Crippen LogP contribution in [-0.4, -0.2) is 11.6 Å². The van der Waals surface area contributed by atoms with Crippen molar-refractivity contribution in [2.45, 2.75) is 97.3 Å². The minimum Gasteiger partial charge on any atom is -0.299 e. The van der Waals surface area contributed by atoms with Crippen LogP contribution in [0.15, 0.2) is 18.2 Å². The third kappa shape index (κ3) is 5.16. The maximum atomic E-state index is 13.8. The van der Waals surface area contributed by atoms with Crippen molar-refractivity contribution in [1.82, 2.24) is 0 Å². The fraction of sp³-hybridized carbons (Fsp3) is 0.692. The summed E-state index contributed by atoms with van der Waals surface area (Å²) in [4.78, 5) is 25.4. The minimum atomic E-state index is -0.845. The molecule has 29 heavy (non-hydrogen) atoms. The van der Waals surface area contributed by atoms with E-state index in [2.05, 4.69) is 0 Å². The molecular weight excluding hydrogens is 363 g/mol. The quantitative estimate of drug-likeness (QED) is 0.427. The maximum Gasteiger partial charge on any atom is 0.148 e. The number of halogens is 1. The Balaban J connectivity index is 1.58. The molecule has 0 amide bonds. The molecule has 0 radical (unpaired) electrons. The Morgan fingerprint density at radius 1 is 1.10 bits per heavy atom. The van der Waals surface area contributed by atoms with Crippen LogP contribution in [0.4, 0.5) is 4.39 Å². The smallest absolute Gasteiger partial charge is 0.148 e. The Morgan fingerprint density at radius 3 is 2.52 bits per heavy atom. The molecule has 0 spiro atoms. The lowest BCUT2D eigenvalue weighted by Gasteiger charge is -2.25. The van der Waals surface area contributed by atoms with Gasteiger partial charge in [0.1, 0.15) is 17.4 Å². The summed E-state index contributed by atoms with van der Waals surface area (Å²) in [6, 6.07) is 5.33. The Hall–Kier alpha value is -1.51. The topological polar surface area (TPSA) is 34.1 Å². The van der Waals surface area contributed by atoms with Crippen molar-refractivity contribution in [3.63, 3.8) is 0 Å². The van der Waals surface area contributed by atoms with Gasteiger partial charge >= 0.3 is 0 Å². The van der Waals surface area contributed by atoms with Gasteiger partial charge in [-0.15, -0.1) is 0 Å². The van der Waals surface area contributed by atoms with Crippen molar-refractivity contribution in [3.05, 3.63) is 35.1 Å². The zero-order valence-corrected chi connectivity index (χ0v) is 18.4. The van der Waals surface area contributed by atoms with Crippen LogP contribution in [0, 0.1) is 23.1 Å². The highest BCUT2D eigenvalue weighted by molar-refractivity contribution is 6.07. The molecule has 0 aromatic heterocycles. The second-order valence-corrected chi connectivity index (χ2v) is 9.90. The molecule has 0 bridgehead atoms. The lowest BCUT2D eigenvalue weighted by molar-refractivity contribution is -0.141. The predicted molar refractivity (Wildman–Crippen MR) is 115 cm³/mol. The number of hydrogen-bond donors (Lipinski definition) is 0. The van der Waals surface area contributed by atoms with Crippen LogP contribution < -0.4 is 0 Å². The number of carbonyl (C=O) groups excluding carboxylic acids is 2. The molecular formula is C26H37FO2. The van der Waals surface area contributed by atoms with Gasteiger partial charge in [-0.05, 0) is 100 Å². The first kappa shape index (κ1) is 22.2. The average molecular weight is 401 g/mol. The zero-order valence-electron chi connectivity index (χ0n) is 18.4. The van der Waals surface area contributed by atoms with Gasteiger partial charge in [0.25, 0.3) is 0 Å². The molecule has 2 aliphatic carbocycles. The van der Waals surface area contributed by atoms with E-state index in [9.17, 15) is 14.0 Å². The number of benzene rings is 1. The van der Waals surface area contributed by atoms with Crippen LogP contribution in [0.2, 0.25) is 0 Å². The van der Waals surface area contributed by atoms with Crippen LogP contribution in [0.3, 0.4) is 0 Å². The monoisotopic (exact) mass is 400 g/mol. The van der Waals surface area contributed by atoms with Gasteiger partial charge in [-0.2, -0.15) is 0 Å². The summed E-state index contributed by atoms with van der Waals surface area (Å²) in [5.41, 5.74) is 1.67. The molecule has 2 atom stereocenters. The third-order valence-electron chi connectivity index (χ3n) is 7.43.